The van der Waals surface area contributed by atoms with Gasteiger partial charge in [0.1, 0.15) is 11.8 Å². The number of amides is 2. The molecule has 5 nitrogen and oxygen atoms in total. The first-order chi connectivity index (χ1) is 14.9. The Morgan fingerprint density at radius 2 is 1.58 bits per heavy atom. The normalized spacial score (nSPS) is 11.6. The van der Waals surface area contributed by atoms with Gasteiger partial charge in [-0.25, -0.2) is 0 Å². The lowest BCUT2D eigenvalue weighted by atomic mass is 10.1. The Labute approximate surface area is 186 Å². The Balaban J connectivity index is 1.96. The monoisotopic (exact) mass is 424 g/mol. The number of nitrogens with zero attached hydrogens (tertiary/aromatic N) is 1. The van der Waals surface area contributed by atoms with E-state index in [0.29, 0.717) is 32.5 Å². The highest BCUT2D eigenvalue weighted by molar-refractivity contribution is 5.87. The zero-order valence-corrected chi connectivity index (χ0v) is 19.3. The first kappa shape index (κ1) is 24.4. The second kappa shape index (κ2) is 12.8. The van der Waals surface area contributed by atoms with Gasteiger partial charge in [-0.15, -0.1) is 0 Å². The number of carbonyl (C=O) groups is 2. The van der Waals surface area contributed by atoms with Crippen molar-refractivity contribution in [3.05, 3.63) is 65.2 Å². The van der Waals surface area contributed by atoms with E-state index in [9.17, 15) is 9.59 Å². The lowest BCUT2D eigenvalue weighted by Gasteiger charge is -2.29. The quantitative estimate of drug-likeness (QED) is 0.498. The SMILES string of the molecule is CCCCNC(=O)[C@H](C)N(Cc1ccc(C)cc1)C(=O)CCCOc1ccc(C)cc1. The molecule has 0 saturated carbocycles. The second-order valence-corrected chi connectivity index (χ2v) is 8.09. The summed E-state index contributed by atoms with van der Waals surface area (Å²) in [6.45, 7) is 9.47. The number of ether oxygens (including phenoxy) is 1. The molecular weight excluding hydrogens is 388 g/mol. The number of hydrogen-bond donors (Lipinski definition) is 1. The molecule has 2 aromatic rings. The molecular formula is C26H36N2O3. The van der Waals surface area contributed by atoms with E-state index in [1.807, 2.05) is 62.4 Å². The first-order valence-corrected chi connectivity index (χ1v) is 11.2. The molecule has 0 saturated heterocycles. The maximum Gasteiger partial charge on any atom is 0.242 e. The molecule has 1 N–H and O–H groups in total. The largest absolute Gasteiger partial charge is 0.494 e. The van der Waals surface area contributed by atoms with Gasteiger partial charge >= 0.3 is 0 Å². The number of unbranched alkanes of at least 4 members (excludes halogenated alkanes) is 1. The lowest BCUT2D eigenvalue weighted by Crippen LogP contribution is -2.47. The minimum Gasteiger partial charge on any atom is -0.494 e. The van der Waals surface area contributed by atoms with Gasteiger partial charge in [-0.2, -0.15) is 0 Å². The third-order valence-corrected chi connectivity index (χ3v) is 5.30. The summed E-state index contributed by atoms with van der Waals surface area (Å²) in [4.78, 5) is 27.3. The number of nitrogens with one attached hydrogen (secondary N) is 1. The highest BCUT2D eigenvalue weighted by Crippen LogP contribution is 2.15. The van der Waals surface area contributed by atoms with Crippen molar-refractivity contribution >= 4 is 11.8 Å². The van der Waals surface area contributed by atoms with E-state index in [2.05, 4.69) is 12.2 Å². The molecule has 0 fully saturated rings. The molecule has 0 unspecified atom stereocenters. The molecule has 0 aliphatic rings. The Kier molecular flexibility index (Phi) is 10.1. The fraction of sp³-hybridized carbons (Fsp3) is 0.462. The minimum atomic E-state index is -0.524. The molecule has 0 heterocycles. The van der Waals surface area contributed by atoms with Gasteiger partial charge in [0.05, 0.1) is 6.61 Å². The predicted octanol–water partition coefficient (Wildman–Crippen LogP) is 4.80. The number of aryl methyl sites for hydroxylation is 2. The minimum absolute atomic E-state index is 0.0359. The molecule has 2 aromatic carbocycles. The van der Waals surface area contributed by atoms with E-state index in [4.69, 9.17) is 4.74 Å². The van der Waals surface area contributed by atoms with Gasteiger partial charge in [0, 0.05) is 19.5 Å². The average molecular weight is 425 g/mol. The van der Waals surface area contributed by atoms with Crippen LogP contribution >= 0.6 is 0 Å². The maximum atomic E-state index is 13.0. The van der Waals surface area contributed by atoms with Crippen molar-refractivity contribution in [3.63, 3.8) is 0 Å². The molecule has 0 spiro atoms. The van der Waals surface area contributed by atoms with Gasteiger partial charge in [0.2, 0.25) is 11.8 Å². The van der Waals surface area contributed by atoms with Crippen LogP contribution in [0.25, 0.3) is 0 Å². The Morgan fingerprint density at radius 3 is 2.19 bits per heavy atom. The zero-order valence-electron chi connectivity index (χ0n) is 19.3. The number of rotatable bonds is 12. The van der Waals surface area contributed by atoms with E-state index in [0.717, 1.165) is 24.2 Å². The fourth-order valence-electron chi connectivity index (χ4n) is 3.20. The molecule has 0 aliphatic carbocycles. The van der Waals surface area contributed by atoms with Gasteiger partial charge in [-0.1, -0.05) is 60.9 Å². The van der Waals surface area contributed by atoms with Crippen molar-refractivity contribution in [2.75, 3.05) is 13.2 Å². The molecule has 2 rings (SSSR count). The van der Waals surface area contributed by atoms with Crippen LogP contribution in [-0.2, 0) is 16.1 Å². The molecule has 168 valence electrons. The topological polar surface area (TPSA) is 58.6 Å². The Morgan fingerprint density at radius 1 is 0.968 bits per heavy atom. The highest BCUT2D eigenvalue weighted by atomic mass is 16.5. The summed E-state index contributed by atoms with van der Waals surface area (Å²) in [6, 6.07) is 15.4. The third kappa shape index (κ3) is 8.44. The van der Waals surface area contributed by atoms with Crippen LogP contribution in [0.15, 0.2) is 48.5 Å². The van der Waals surface area contributed by atoms with E-state index < -0.39 is 6.04 Å². The number of benzene rings is 2. The summed E-state index contributed by atoms with van der Waals surface area (Å²) in [5.74, 6) is 0.661. The van der Waals surface area contributed by atoms with Crippen molar-refractivity contribution in [1.29, 1.82) is 0 Å². The first-order valence-electron chi connectivity index (χ1n) is 11.2. The van der Waals surface area contributed by atoms with Crippen LogP contribution in [0.3, 0.4) is 0 Å². The summed E-state index contributed by atoms with van der Waals surface area (Å²) >= 11 is 0. The second-order valence-electron chi connectivity index (χ2n) is 8.09. The molecule has 0 aliphatic heterocycles. The van der Waals surface area contributed by atoms with Gasteiger partial charge in [-0.05, 0) is 51.3 Å². The van der Waals surface area contributed by atoms with Crippen LogP contribution in [0.2, 0.25) is 0 Å². The average Bonchev–Trinajstić information content (AvgIpc) is 2.77. The van der Waals surface area contributed by atoms with Crippen molar-refractivity contribution in [3.8, 4) is 5.75 Å². The van der Waals surface area contributed by atoms with Crippen LogP contribution in [0.4, 0.5) is 0 Å². The van der Waals surface area contributed by atoms with E-state index in [1.54, 1.807) is 11.8 Å². The number of carbonyl (C=O) groups excluding carboxylic acids is 2. The van der Waals surface area contributed by atoms with E-state index in [-0.39, 0.29) is 11.8 Å². The third-order valence-electron chi connectivity index (χ3n) is 5.30. The lowest BCUT2D eigenvalue weighted by molar-refractivity contribution is -0.140. The van der Waals surface area contributed by atoms with Crippen LogP contribution in [0, 0.1) is 13.8 Å². The van der Waals surface area contributed by atoms with Gasteiger partial charge in [0.25, 0.3) is 0 Å². The fourth-order valence-corrected chi connectivity index (χ4v) is 3.20. The van der Waals surface area contributed by atoms with Crippen molar-refractivity contribution in [2.24, 2.45) is 0 Å². The van der Waals surface area contributed by atoms with E-state index in [1.165, 1.54) is 11.1 Å². The summed E-state index contributed by atoms with van der Waals surface area (Å²) in [5.41, 5.74) is 3.36. The van der Waals surface area contributed by atoms with Crippen LogP contribution in [0.1, 0.15) is 56.2 Å². The molecule has 0 bridgehead atoms. The van der Waals surface area contributed by atoms with Crippen molar-refractivity contribution in [1.82, 2.24) is 10.2 Å². The van der Waals surface area contributed by atoms with Crippen molar-refractivity contribution < 1.29 is 14.3 Å². The standard InChI is InChI=1S/C26H36N2O3/c1-5-6-17-27-26(30)22(4)28(19-23-13-9-20(2)10-14-23)25(29)8-7-18-31-24-15-11-21(3)12-16-24/h9-16,22H,5-8,17-19H2,1-4H3,(H,27,30)/t22-/m0/s1. The van der Waals surface area contributed by atoms with Crippen LogP contribution in [-0.4, -0.2) is 35.9 Å². The highest BCUT2D eigenvalue weighted by Gasteiger charge is 2.25. The van der Waals surface area contributed by atoms with Gasteiger partial charge < -0.3 is 15.0 Å². The molecule has 0 aromatic heterocycles. The Hall–Kier alpha value is -2.82. The Bertz CT molecular complexity index is 816. The molecule has 31 heavy (non-hydrogen) atoms. The smallest absolute Gasteiger partial charge is 0.242 e. The molecule has 5 heteroatoms. The maximum absolute atomic E-state index is 13.0. The summed E-state index contributed by atoms with van der Waals surface area (Å²) in [5, 5.41) is 2.95. The van der Waals surface area contributed by atoms with Crippen LogP contribution in [0.5, 0.6) is 5.75 Å². The van der Waals surface area contributed by atoms with E-state index >= 15 is 0 Å². The van der Waals surface area contributed by atoms with Crippen molar-refractivity contribution in [2.45, 2.75) is 66.0 Å². The molecule has 2 amide bonds. The van der Waals surface area contributed by atoms with Gasteiger partial charge in [0.15, 0.2) is 0 Å². The summed E-state index contributed by atoms with van der Waals surface area (Å²) < 4.78 is 5.75. The van der Waals surface area contributed by atoms with Gasteiger partial charge in [-0.3, -0.25) is 9.59 Å². The predicted molar refractivity (Wildman–Crippen MR) is 125 cm³/mol. The zero-order chi connectivity index (χ0) is 22.6. The molecule has 1 atom stereocenters. The summed E-state index contributed by atoms with van der Waals surface area (Å²) in [6.07, 6.45) is 2.88. The van der Waals surface area contributed by atoms with Crippen LogP contribution < -0.4 is 10.1 Å². The molecule has 0 radical (unpaired) electrons. The summed E-state index contributed by atoms with van der Waals surface area (Å²) in [7, 11) is 0. The number of hydrogen-bond acceptors (Lipinski definition) is 3.